The number of primary amides is 1. The summed E-state index contributed by atoms with van der Waals surface area (Å²) in [6.07, 6.45) is 3.15. The van der Waals surface area contributed by atoms with Crippen molar-refractivity contribution >= 4 is 17.6 Å². The molecule has 0 aromatic carbocycles. The highest BCUT2D eigenvalue weighted by molar-refractivity contribution is 5.89. The Morgan fingerprint density at radius 3 is 2.34 bits per heavy atom. The van der Waals surface area contributed by atoms with E-state index in [1.807, 2.05) is 11.1 Å². The standard InChI is InChI=1S/C27H36F3N7O/c1-16(2)23(37-7-5-36(6-8-37)21-4-3-20(14-33-21)27(28,29)30)24(34-15-31)35-22-18-9-17-10-19(22)13-26(11-17,12-18)25(32)38/h3-4,14,16-19,22-23H,5-13H2,1-2H3,(H2,32,38)(H,34,35). The van der Waals surface area contributed by atoms with Gasteiger partial charge in [0.2, 0.25) is 12.1 Å². The minimum Gasteiger partial charge on any atom is -0.369 e. The number of carbonyl (C=O) groups excluding carboxylic acids is 1. The lowest BCUT2D eigenvalue weighted by molar-refractivity contribution is -0.145. The minimum absolute atomic E-state index is 0.0975. The molecule has 3 atom stereocenters. The minimum atomic E-state index is -4.41. The zero-order valence-electron chi connectivity index (χ0n) is 21.9. The van der Waals surface area contributed by atoms with Gasteiger partial charge in [-0.3, -0.25) is 9.69 Å². The molecule has 1 aromatic rings. The maximum Gasteiger partial charge on any atom is 0.417 e. The zero-order valence-corrected chi connectivity index (χ0v) is 21.9. The first-order valence-corrected chi connectivity index (χ1v) is 13.6. The van der Waals surface area contributed by atoms with Crippen LogP contribution >= 0.6 is 0 Å². The summed E-state index contributed by atoms with van der Waals surface area (Å²) in [4.78, 5) is 25.0. The number of hydrogen-bond acceptors (Lipinski definition) is 6. The fourth-order valence-electron chi connectivity index (χ4n) is 7.85. The van der Waals surface area contributed by atoms with Crippen molar-refractivity contribution in [3.8, 4) is 6.19 Å². The second-order valence-electron chi connectivity index (χ2n) is 12.0. The number of aromatic nitrogens is 1. The van der Waals surface area contributed by atoms with Crippen molar-refractivity contribution in [1.29, 1.82) is 5.26 Å². The molecule has 1 amide bonds. The van der Waals surface area contributed by atoms with Gasteiger partial charge in [0.1, 0.15) is 11.7 Å². The third kappa shape index (κ3) is 4.95. The maximum atomic E-state index is 12.9. The lowest BCUT2D eigenvalue weighted by atomic mass is 9.47. The second kappa shape index (κ2) is 10.0. The molecule has 5 aliphatic rings. The SMILES string of the molecule is CC(C)C(/C(=N/C#N)NC1C2CC3CC1CC(C(N)=O)(C3)C2)N1CCN(c2ccc(C(F)(F)F)cn2)CC1. The average molecular weight is 532 g/mol. The van der Waals surface area contributed by atoms with E-state index >= 15 is 0 Å². The number of anilines is 1. The van der Waals surface area contributed by atoms with Gasteiger partial charge in [0, 0.05) is 43.8 Å². The largest absolute Gasteiger partial charge is 0.417 e. The molecule has 4 bridgehead atoms. The average Bonchev–Trinajstić information content (AvgIpc) is 2.85. The molecule has 1 aliphatic heterocycles. The number of rotatable bonds is 6. The molecule has 38 heavy (non-hydrogen) atoms. The van der Waals surface area contributed by atoms with Crippen LogP contribution in [0.1, 0.15) is 51.5 Å². The van der Waals surface area contributed by atoms with Gasteiger partial charge in [-0.2, -0.15) is 23.4 Å². The number of pyridine rings is 1. The van der Waals surface area contributed by atoms with E-state index in [4.69, 9.17) is 5.73 Å². The summed E-state index contributed by atoms with van der Waals surface area (Å²) >= 11 is 0. The van der Waals surface area contributed by atoms with Crippen LogP contribution in [0.4, 0.5) is 19.0 Å². The summed E-state index contributed by atoms with van der Waals surface area (Å²) in [6.45, 7) is 6.78. The van der Waals surface area contributed by atoms with Crippen LogP contribution in [0.3, 0.4) is 0 Å². The Morgan fingerprint density at radius 1 is 1.18 bits per heavy atom. The molecule has 1 aromatic heterocycles. The number of alkyl halides is 3. The molecular formula is C27H36F3N7O. The summed E-state index contributed by atoms with van der Waals surface area (Å²) < 4.78 is 38.7. The summed E-state index contributed by atoms with van der Waals surface area (Å²) in [5.41, 5.74) is 4.73. The van der Waals surface area contributed by atoms with Crippen LogP contribution in [0.5, 0.6) is 0 Å². The Kier molecular flexibility index (Phi) is 7.05. The Bertz CT molecular complexity index is 1090. The van der Waals surface area contributed by atoms with E-state index in [1.54, 1.807) is 0 Å². The Labute approximate surface area is 221 Å². The number of nitriles is 1. The van der Waals surface area contributed by atoms with Crippen LogP contribution in [-0.2, 0) is 11.0 Å². The van der Waals surface area contributed by atoms with Crippen LogP contribution in [0, 0.1) is 40.5 Å². The molecule has 3 N–H and O–H groups in total. The predicted molar refractivity (Wildman–Crippen MR) is 137 cm³/mol. The summed E-state index contributed by atoms with van der Waals surface area (Å²) in [5, 5.41) is 13.3. The summed E-state index contributed by atoms with van der Waals surface area (Å²) in [6, 6.07) is 2.57. The normalized spacial score (nSPS) is 32.3. The number of nitrogens with two attached hydrogens (primary N) is 1. The maximum absolute atomic E-state index is 12.9. The predicted octanol–water partition coefficient (Wildman–Crippen LogP) is 3.40. The van der Waals surface area contributed by atoms with Crippen LogP contribution in [0.25, 0.3) is 0 Å². The molecule has 6 rings (SSSR count). The van der Waals surface area contributed by atoms with Crippen LogP contribution < -0.4 is 16.0 Å². The molecule has 11 heteroatoms. The third-order valence-electron chi connectivity index (χ3n) is 9.30. The highest BCUT2D eigenvalue weighted by Crippen LogP contribution is 2.60. The molecule has 5 fully saturated rings. The monoisotopic (exact) mass is 531 g/mol. The van der Waals surface area contributed by atoms with Crippen molar-refractivity contribution in [2.45, 2.75) is 64.2 Å². The van der Waals surface area contributed by atoms with E-state index in [0.29, 0.717) is 55.6 Å². The number of amides is 1. The molecule has 2 heterocycles. The van der Waals surface area contributed by atoms with E-state index < -0.39 is 11.7 Å². The van der Waals surface area contributed by atoms with Crippen LogP contribution in [-0.4, -0.2) is 59.9 Å². The number of hydrogen-bond donors (Lipinski definition) is 2. The van der Waals surface area contributed by atoms with Gasteiger partial charge in [-0.05, 0) is 67.9 Å². The first-order valence-electron chi connectivity index (χ1n) is 13.6. The van der Waals surface area contributed by atoms with Gasteiger partial charge in [-0.15, -0.1) is 0 Å². The van der Waals surface area contributed by atoms with Crippen molar-refractivity contribution in [3.63, 3.8) is 0 Å². The summed E-state index contributed by atoms with van der Waals surface area (Å²) in [5.74, 6) is 2.44. The fourth-order valence-corrected chi connectivity index (χ4v) is 7.85. The Balaban J connectivity index is 1.27. The van der Waals surface area contributed by atoms with Crippen molar-refractivity contribution < 1.29 is 18.0 Å². The molecular weight excluding hydrogens is 495 g/mol. The van der Waals surface area contributed by atoms with E-state index in [9.17, 15) is 23.2 Å². The molecule has 206 valence electrons. The second-order valence-corrected chi connectivity index (χ2v) is 12.0. The Morgan fingerprint density at radius 2 is 1.84 bits per heavy atom. The highest BCUT2D eigenvalue weighted by Gasteiger charge is 2.58. The van der Waals surface area contributed by atoms with Crippen LogP contribution in [0.2, 0.25) is 0 Å². The highest BCUT2D eigenvalue weighted by atomic mass is 19.4. The molecule has 8 nitrogen and oxygen atoms in total. The lowest BCUT2D eigenvalue weighted by Gasteiger charge is -2.59. The number of aliphatic imine (C=N–C) groups is 1. The van der Waals surface area contributed by atoms with Gasteiger partial charge in [-0.25, -0.2) is 4.98 Å². The molecule has 4 aliphatic carbocycles. The van der Waals surface area contributed by atoms with E-state index in [1.165, 1.54) is 6.07 Å². The van der Waals surface area contributed by atoms with Gasteiger partial charge in [-0.1, -0.05) is 13.8 Å². The summed E-state index contributed by atoms with van der Waals surface area (Å²) in [7, 11) is 0. The molecule has 4 saturated carbocycles. The Hall–Kier alpha value is -2.87. The first-order chi connectivity index (χ1) is 18.0. The van der Waals surface area contributed by atoms with E-state index in [0.717, 1.165) is 44.4 Å². The topological polar surface area (TPSA) is 111 Å². The quantitative estimate of drug-likeness (QED) is 0.331. The number of carbonyl (C=O) groups is 1. The molecule has 0 radical (unpaired) electrons. The van der Waals surface area contributed by atoms with Crippen molar-refractivity contribution in [2.24, 2.45) is 39.8 Å². The van der Waals surface area contributed by atoms with Gasteiger partial charge in [0.25, 0.3) is 0 Å². The van der Waals surface area contributed by atoms with Gasteiger partial charge in [0.15, 0.2) is 0 Å². The van der Waals surface area contributed by atoms with Gasteiger partial charge < -0.3 is 16.0 Å². The number of halogens is 3. The zero-order chi connectivity index (χ0) is 27.2. The van der Waals surface area contributed by atoms with Crippen molar-refractivity contribution in [1.82, 2.24) is 15.2 Å². The van der Waals surface area contributed by atoms with Gasteiger partial charge >= 0.3 is 6.18 Å². The van der Waals surface area contributed by atoms with Gasteiger partial charge in [0.05, 0.1) is 11.6 Å². The van der Waals surface area contributed by atoms with E-state index in [-0.39, 0.29) is 29.3 Å². The number of nitrogens with zero attached hydrogens (tertiary/aromatic N) is 5. The fraction of sp³-hybridized carbons (Fsp3) is 0.704. The number of amidine groups is 1. The lowest BCUT2D eigenvalue weighted by Crippen LogP contribution is -2.64. The third-order valence-corrected chi connectivity index (χ3v) is 9.30. The smallest absolute Gasteiger partial charge is 0.369 e. The number of nitrogens with one attached hydrogen (secondary N) is 1. The number of piperazine rings is 1. The van der Waals surface area contributed by atoms with Crippen molar-refractivity contribution in [3.05, 3.63) is 23.9 Å². The molecule has 0 spiro atoms. The van der Waals surface area contributed by atoms with Crippen LogP contribution in [0.15, 0.2) is 23.3 Å². The molecule has 1 saturated heterocycles. The van der Waals surface area contributed by atoms with Crippen molar-refractivity contribution in [2.75, 3.05) is 31.1 Å². The first kappa shape index (κ1) is 26.7. The van der Waals surface area contributed by atoms with E-state index in [2.05, 4.69) is 34.0 Å². The molecule has 3 unspecified atom stereocenters.